The molecule has 1 aromatic heterocycles. The number of rotatable bonds is 8. The van der Waals surface area contributed by atoms with Gasteiger partial charge in [-0.25, -0.2) is 13.4 Å². The summed E-state index contributed by atoms with van der Waals surface area (Å²) < 4.78 is 30.1. The van der Waals surface area contributed by atoms with E-state index in [2.05, 4.69) is 9.88 Å². The minimum atomic E-state index is -3.31. The van der Waals surface area contributed by atoms with Crippen LogP contribution in [0.4, 0.5) is 5.13 Å². The van der Waals surface area contributed by atoms with Gasteiger partial charge in [0.1, 0.15) is 0 Å². The Labute approximate surface area is 214 Å². The highest BCUT2D eigenvalue weighted by molar-refractivity contribution is 7.98. The van der Waals surface area contributed by atoms with Crippen LogP contribution in [0.1, 0.15) is 5.56 Å². The van der Waals surface area contributed by atoms with Crippen molar-refractivity contribution in [3.05, 3.63) is 48.0 Å². The number of carbonyl (C=O) groups is 1. The summed E-state index contributed by atoms with van der Waals surface area (Å²) >= 11 is 3.02. The van der Waals surface area contributed by atoms with Crippen LogP contribution in [0.15, 0.2) is 52.3 Å². The molecular weight excluding hydrogens is 514 g/mol. The summed E-state index contributed by atoms with van der Waals surface area (Å²) in [5.41, 5.74) is 1.64. The van der Waals surface area contributed by atoms with E-state index in [1.807, 2.05) is 30.5 Å². The predicted molar refractivity (Wildman–Crippen MR) is 142 cm³/mol. The SMILES string of the molecule is CSc1ccc(CC(=O)N(CCN2CCOCC2)c2nc3ccc(S(C)(=O)=O)cc3s2)cc1.Cl. The van der Waals surface area contributed by atoms with Gasteiger partial charge in [0, 0.05) is 37.3 Å². The first-order valence-electron chi connectivity index (χ1n) is 10.7. The van der Waals surface area contributed by atoms with E-state index in [1.165, 1.54) is 17.6 Å². The number of fused-ring (bicyclic) bond motifs is 1. The van der Waals surface area contributed by atoms with Gasteiger partial charge in [-0.15, -0.1) is 24.2 Å². The monoisotopic (exact) mass is 541 g/mol. The van der Waals surface area contributed by atoms with Crippen LogP contribution < -0.4 is 4.90 Å². The Hall–Kier alpha value is -1.69. The highest BCUT2D eigenvalue weighted by atomic mass is 35.5. The summed E-state index contributed by atoms with van der Waals surface area (Å²) in [6.45, 7) is 4.33. The van der Waals surface area contributed by atoms with E-state index in [1.54, 1.807) is 34.9 Å². The Morgan fingerprint density at radius 1 is 1.18 bits per heavy atom. The third-order valence-electron chi connectivity index (χ3n) is 5.57. The second kappa shape index (κ2) is 11.8. The summed E-state index contributed by atoms with van der Waals surface area (Å²) in [7, 11) is -3.31. The van der Waals surface area contributed by atoms with Crippen molar-refractivity contribution in [2.24, 2.45) is 0 Å². The normalized spacial score (nSPS) is 14.6. The zero-order chi connectivity index (χ0) is 23.4. The second-order valence-corrected chi connectivity index (χ2v) is 11.8. The van der Waals surface area contributed by atoms with E-state index < -0.39 is 9.84 Å². The van der Waals surface area contributed by atoms with Gasteiger partial charge in [0.05, 0.1) is 34.7 Å². The van der Waals surface area contributed by atoms with Crippen molar-refractivity contribution in [3.8, 4) is 0 Å². The van der Waals surface area contributed by atoms with Gasteiger partial charge in [0.2, 0.25) is 5.91 Å². The average Bonchev–Trinajstić information content (AvgIpc) is 3.23. The molecule has 2 aromatic carbocycles. The molecule has 0 unspecified atom stereocenters. The Morgan fingerprint density at radius 2 is 1.88 bits per heavy atom. The molecule has 0 spiro atoms. The number of aromatic nitrogens is 1. The van der Waals surface area contributed by atoms with Crippen LogP contribution in [-0.2, 0) is 25.8 Å². The molecule has 3 aromatic rings. The lowest BCUT2D eigenvalue weighted by Gasteiger charge is -2.29. The third-order valence-corrected chi connectivity index (χ3v) is 8.46. The van der Waals surface area contributed by atoms with Crippen molar-refractivity contribution >= 4 is 66.6 Å². The maximum absolute atomic E-state index is 13.4. The number of nitrogens with zero attached hydrogens (tertiary/aromatic N) is 3. The molecule has 0 saturated carbocycles. The maximum atomic E-state index is 13.4. The number of ether oxygens (including phenoxy) is 1. The van der Waals surface area contributed by atoms with Crippen molar-refractivity contribution in [3.63, 3.8) is 0 Å². The minimum absolute atomic E-state index is 0. The van der Waals surface area contributed by atoms with Gasteiger partial charge in [0.25, 0.3) is 0 Å². The molecule has 0 radical (unpaired) electrons. The first kappa shape index (κ1) is 26.9. The highest BCUT2D eigenvalue weighted by Crippen LogP contribution is 2.31. The lowest BCUT2D eigenvalue weighted by Crippen LogP contribution is -2.43. The first-order valence-corrected chi connectivity index (χ1v) is 14.6. The summed E-state index contributed by atoms with van der Waals surface area (Å²) in [4.78, 5) is 23.5. The number of hydrogen-bond donors (Lipinski definition) is 0. The van der Waals surface area contributed by atoms with Crippen molar-refractivity contribution in [1.29, 1.82) is 0 Å². The number of hydrogen-bond acceptors (Lipinski definition) is 8. The van der Waals surface area contributed by atoms with Crippen molar-refractivity contribution < 1.29 is 17.9 Å². The third kappa shape index (κ3) is 6.71. The summed E-state index contributed by atoms with van der Waals surface area (Å²) in [5, 5.41) is 0.592. The van der Waals surface area contributed by atoms with Gasteiger partial charge < -0.3 is 4.74 Å². The summed E-state index contributed by atoms with van der Waals surface area (Å²) in [5.74, 6) is -0.0254. The van der Waals surface area contributed by atoms with Crippen LogP contribution in [0.5, 0.6) is 0 Å². The molecule has 0 aliphatic carbocycles. The van der Waals surface area contributed by atoms with E-state index in [0.29, 0.717) is 30.4 Å². The van der Waals surface area contributed by atoms with E-state index in [0.717, 1.165) is 34.8 Å². The molecule has 184 valence electrons. The highest BCUT2D eigenvalue weighted by Gasteiger charge is 2.22. The van der Waals surface area contributed by atoms with Gasteiger partial charge >= 0.3 is 0 Å². The quantitative estimate of drug-likeness (QED) is 0.402. The Balaban J connectivity index is 0.00000324. The molecule has 0 N–H and O–H groups in total. The van der Waals surface area contributed by atoms with Crippen molar-refractivity contribution in [2.75, 3.05) is 56.8 Å². The zero-order valence-electron chi connectivity index (χ0n) is 19.1. The molecule has 2 heterocycles. The molecule has 34 heavy (non-hydrogen) atoms. The fourth-order valence-electron chi connectivity index (χ4n) is 3.65. The molecule has 4 rings (SSSR count). The molecule has 1 fully saturated rings. The fourth-order valence-corrected chi connectivity index (χ4v) is 5.82. The average molecular weight is 542 g/mol. The van der Waals surface area contributed by atoms with E-state index >= 15 is 0 Å². The Kier molecular flexibility index (Phi) is 9.36. The van der Waals surface area contributed by atoms with Crippen LogP contribution >= 0.6 is 35.5 Å². The molecule has 1 aliphatic rings. The molecule has 1 saturated heterocycles. The topological polar surface area (TPSA) is 79.8 Å². The van der Waals surface area contributed by atoms with Crippen molar-refractivity contribution in [1.82, 2.24) is 9.88 Å². The first-order chi connectivity index (χ1) is 15.8. The Morgan fingerprint density at radius 3 is 2.53 bits per heavy atom. The summed E-state index contributed by atoms with van der Waals surface area (Å²) in [6, 6.07) is 12.9. The Bertz CT molecular complexity index is 1230. The number of benzene rings is 2. The van der Waals surface area contributed by atoms with Gasteiger partial charge in [-0.3, -0.25) is 14.6 Å². The molecular formula is C23H28ClN3O4S3. The molecule has 0 atom stereocenters. The largest absolute Gasteiger partial charge is 0.379 e. The number of anilines is 1. The molecule has 0 bridgehead atoms. The predicted octanol–water partition coefficient (Wildman–Crippen LogP) is 3.75. The van der Waals surface area contributed by atoms with E-state index in [-0.39, 0.29) is 29.6 Å². The van der Waals surface area contributed by atoms with Gasteiger partial charge in [-0.2, -0.15) is 0 Å². The number of carbonyl (C=O) groups excluding carboxylic acids is 1. The number of thiazole rings is 1. The second-order valence-electron chi connectivity index (χ2n) is 7.92. The van der Waals surface area contributed by atoms with Crippen LogP contribution in [0.3, 0.4) is 0 Å². The van der Waals surface area contributed by atoms with Crippen LogP contribution in [0.2, 0.25) is 0 Å². The van der Waals surface area contributed by atoms with Gasteiger partial charge in [-0.05, 0) is 42.2 Å². The lowest BCUT2D eigenvalue weighted by atomic mass is 10.1. The number of sulfone groups is 1. The molecule has 1 aliphatic heterocycles. The maximum Gasteiger partial charge on any atom is 0.233 e. The number of halogens is 1. The van der Waals surface area contributed by atoms with Crippen LogP contribution in [0.25, 0.3) is 10.2 Å². The zero-order valence-corrected chi connectivity index (χ0v) is 22.4. The van der Waals surface area contributed by atoms with Crippen molar-refractivity contribution in [2.45, 2.75) is 16.2 Å². The number of amides is 1. The minimum Gasteiger partial charge on any atom is -0.379 e. The molecule has 1 amide bonds. The van der Waals surface area contributed by atoms with Gasteiger partial charge in [0.15, 0.2) is 15.0 Å². The van der Waals surface area contributed by atoms with Crippen LogP contribution in [-0.4, -0.2) is 76.1 Å². The number of thioether (sulfide) groups is 1. The van der Waals surface area contributed by atoms with Crippen LogP contribution in [0, 0.1) is 0 Å². The van der Waals surface area contributed by atoms with Gasteiger partial charge in [-0.1, -0.05) is 23.5 Å². The van der Waals surface area contributed by atoms with E-state index in [4.69, 9.17) is 4.74 Å². The number of morpholine rings is 1. The smallest absolute Gasteiger partial charge is 0.233 e. The molecule has 7 nitrogen and oxygen atoms in total. The van der Waals surface area contributed by atoms with E-state index in [9.17, 15) is 13.2 Å². The molecule has 11 heteroatoms. The fraction of sp³-hybridized carbons (Fsp3) is 0.391. The lowest BCUT2D eigenvalue weighted by molar-refractivity contribution is -0.118. The summed E-state index contributed by atoms with van der Waals surface area (Å²) in [6.07, 6.45) is 3.49. The standard InChI is InChI=1S/C23H27N3O4S3.ClH/c1-31-18-5-3-17(4-6-18)15-22(27)26(10-9-25-11-13-30-14-12-25)23-24-20-8-7-19(33(2,28)29)16-21(20)32-23;/h3-8,16H,9-15H2,1-2H3;1H.